The molecule has 1 saturated carbocycles. The van der Waals surface area contributed by atoms with Gasteiger partial charge in [-0.2, -0.15) is 0 Å². The molecule has 0 spiro atoms. The molecule has 1 aliphatic rings. The van der Waals surface area contributed by atoms with Crippen LogP contribution in [0.25, 0.3) is 0 Å². The standard InChI is InChI=1S/C11H17N3OS/c1-12-10(15)4-5-13-6-9-7-16-11(14-9)8-2-3-8/h7-8,13H,2-6H2,1H3,(H,12,15). The highest BCUT2D eigenvalue weighted by atomic mass is 32.1. The van der Waals surface area contributed by atoms with Crippen LogP contribution < -0.4 is 10.6 Å². The molecule has 1 aromatic rings. The molecule has 1 heterocycles. The monoisotopic (exact) mass is 239 g/mol. The molecule has 0 atom stereocenters. The third kappa shape index (κ3) is 3.28. The maximum Gasteiger partial charge on any atom is 0.221 e. The Hall–Kier alpha value is -0.940. The van der Waals surface area contributed by atoms with Crippen LogP contribution in [0, 0.1) is 0 Å². The highest BCUT2D eigenvalue weighted by Gasteiger charge is 2.26. The summed E-state index contributed by atoms with van der Waals surface area (Å²) >= 11 is 1.76. The maximum atomic E-state index is 11.0. The van der Waals surface area contributed by atoms with Gasteiger partial charge in [-0.3, -0.25) is 4.79 Å². The largest absolute Gasteiger partial charge is 0.359 e. The minimum Gasteiger partial charge on any atom is -0.359 e. The molecular formula is C11H17N3OS. The van der Waals surface area contributed by atoms with Crippen LogP contribution in [0.2, 0.25) is 0 Å². The minimum atomic E-state index is 0.0736. The summed E-state index contributed by atoms with van der Waals surface area (Å²) in [5, 5.41) is 9.21. The van der Waals surface area contributed by atoms with Gasteiger partial charge in [0.1, 0.15) is 0 Å². The Bertz CT molecular complexity index is 360. The quantitative estimate of drug-likeness (QED) is 0.735. The Morgan fingerprint density at radius 1 is 1.62 bits per heavy atom. The van der Waals surface area contributed by atoms with Crippen LogP contribution in [0.1, 0.15) is 35.9 Å². The first-order chi connectivity index (χ1) is 7.79. The molecule has 0 aromatic carbocycles. The summed E-state index contributed by atoms with van der Waals surface area (Å²) in [6.45, 7) is 1.47. The van der Waals surface area contributed by atoms with Gasteiger partial charge in [0.15, 0.2) is 0 Å². The van der Waals surface area contributed by atoms with Gasteiger partial charge in [0.2, 0.25) is 5.91 Å². The predicted molar refractivity (Wildman–Crippen MR) is 64.5 cm³/mol. The number of carbonyl (C=O) groups excluding carboxylic acids is 1. The van der Waals surface area contributed by atoms with Crippen LogP contribution >= 0.6 is 11.3 Å². The number of hydrogen-bond donors (Lipinski definition) is 2. The van der Waals surface area contributed by atoms with Crippen LogP contribution in [0.5, 0.6) is 0 Å². The highest BCUT2D eigenvalue weighted by Crippen LogP contribution is 2.41. The van der Waals surface area contributed by atoms with Gasteiger partial charge in [0, 0.05) is 37.9 Å². The molecule has 2 N–H and O–H groups in total. The average molecular weight is 239 g/mol. The van der Waals surface area contributed by atoms with Gasteiger partial charge in [0.25, 0.3) is 0 Å². The van der Waals surface area contributed by atoms with Gasteiger partial charge in [0.05, 0.1) is 10.7 Å². The van der Waals surface area contributed by atoms with E-state index in [9.17, 15) is 4.79 Å². The first-order valence-electron chi connectivity index (χ1n) is 5.65. The number of thiazole rings is 1. The number of rotatable bonds is 6. The van der Waals surface area contributed by atoms with Crippen LogP contribution in [0.15, 0.2) is 5.38 Å². The third-order valence-corrected chi connectivity index (χ3v) is 3.67. The van der Waals surface area contributed by atoms with Crippen molar-refractivity contribution in [3.05, 3.63) is 16.1 Å². The number of nitrogens with one attached hydrogen (secondary N) is 2. The Morgan fingerprint density at radius 2 is 2.44 bits per heavy atom. The maximum absolute atomic E-state index is 11.0. The summed E-state index contributed by atoms with van der Waals surface area (Å²) in [5.41, 5.74) is 1.10. The second kappa shape index (κ2) is 5.41. The smallest absolute Gasteiger partial charge is 0.221 e. The number of amides is 1. The number of nitrogens with zero attached hydrogens (tertiary/aromatic N) is 1. The summed E-state index contributed by atoms with van der Waals surface area (Å²) < 4.78 is 0. The molecule has 1 aromatic heterocycles. The SMILES string of the molecule is CNC(=O)CCNCc1csc(C2CC2)n1. The van der Waals surface area contributed by atoms with Crippen LogP contribution in [-0.2, 0) is 11.3 Å². The van der Waals surface area contributed by atoms with Gasteiger partial charge in [-0.25, -0.2) is 4.98 Å². The van der Waals surface area contributed by atoms with Crippen LogP contribution in [0.4, 0.5) is 0 Å². The third-order valence-electron chi connectivity index (χ3n) is 2.61. The fourth-order valence-electron chi connectivity index (χ4n) is 1.47. The Labute approximate surface area is 99.5 Å². The molecule has 2 rings (SSSR count). The highest BCUT2D eigenvalue weighted by molar-refractivity contribution is 7.09. The van der Waals surface area contributed by atoms with Crippen molar-refractivity contribution in [1.82, 2.24) is 15.6 Å². The Kier molecular flexibility index (Phi) is 3.90. The molecular weight excluding hydrogens is 222 g/mol. The summed E-state index contributed by atoms with van der Waals surface area (Å²) in [7, 11) is 1.66. The van der Waals surface area contributed by atoms with Crippen molar-refractivity contribution in [3.63, 3.8) is 0 Å². The second-order valence-electron chi connectivity index (χ2n) is 4.05. The van der Waals surface area contributed by atoms with E-state index < -0.39 is 0 Å². The molecule has 5 heteroatoms. The number of carbonyl (C=O) groups is 1. The zero-order valence-corrected chi connectivity index (χ0v) is 10.3. The molecule has 0 radical (unpaired) electrons. The Balaban J connectivity index is 1.66. The molecule has 1 fully saturated rings. The summed E-state index contributed by atoms with van der Waals surface area (Å²) in [6, 6.07) is 0. The molecule has 4 nitrogen and oxygen atoms in total. The van der Waals surface area contributed by atoms with E-state index in [1.165, 1.54) is 17.8 Å². The molecule has 0 aliphatic heterocycles. The van der Waals surface area contributed by atoms with Crippen molar-refractivity contribution < 1.29 is 4.79 Å². The van der Waals surface area contributed by atoms with Crippen LogP contribution in [0.3, 0.4) is 0 Å². The molecule has 16 heavy (non-hydrogen) atoms. The molecule has 88 valence electrons. The van der Waals surface area contributed by atoms with Crippen molar-refractivity contribution in [3.8, 4) is 0 Å². The van der Waals surface area contributed by atoms with Crippen LogP contribution in [-0.4, -0.2) is 24.5 Å². The summed E-state index contributed by atoms with van der Waals surface area (Å²) in [6.07, 6.45) is 3.13. The lowest BCUT2D eigenvalue weighted by atomic mass is 10.4. The summed E-state index contributed by atoms with van der Waals surface area (Å²) in [5.74, 6) is 0.814. The van der Waals surface area contributed by atoms with Gasteiger partial charge in [-0.05, 0) is 12.8 Å². The molecule has 0 unspecified atom stereocenters. The molecule has 1 aliphatic carbocycles. The second-order valence-corrected chi connectivity index (χ2v) is 4.94. The molecule has 0 saturated heterocycles. The van der Waals surface area contributed by atoms with E-state index in [0.717, 1.165) is 18.2 Å². The fourth-order valence-corrected chi connectivity index (χ4v) is 2.46. The van der Waals surface area contributed by atoms with E-state index in [2.05, 4.69) is 21.0 Å². The minimum absolute atomic E-state index is 0.0736. The van der Waals surface area contributed by atoms with Gasteiger partial charge in [-0.1, -0.05) is 0 Å². The number of hydrogen-bond acceptors (Lipinski definition) is 4. The topological polar surface area (TPSA) is 54.0 Å². The van der Waals surface area contributed by atoms with Crippen molar-refractivity contribution in [2.45, 2.75) is 31.7 Å². The van der Waals surface area contributed by atoms with E-state index in [1.54, 1.807) is 18.4 Å². The fraction of sp³-hybridized carbons (Fsp3) is 0.636. The average Bonchev–Trinajstić information content (AvgIpc) is 3.05. The van der Waals surface area contributed by atoms with E-state index in [1.807, 2.05) is 0 Å². The normalized spacial score (nSPS) is 15.1. The van der Waals surface area contributed by atoms with Crippen molar-refractivity contribution in [2.75, 3.05) is 13.6 Å². The first kappa shape index (κ1) is 11.5. The van der Waals surface area contributed by atoms with Gasteiger partial charge >= 0.3 is 0 Å². The lowest BCUT2D eigenvalue weighted by Gasteiger charge is -2.01. The van der Waals surface area contributed by atoms with E-state index >= 15 is 0 Å². The molecule has 1 amide bonds. The number of aromatic nitrogens is 1. The van der Waals surface area contributed by atoms with Gasteiger partial charge in [-0.15, -0.1) is 11.3 Å². The summed E-state index contributed by atoms with van der Waals surface area (Å²) in [4.78, 5) is 15.5. The lowest BCUT2D eigenvalue weighted by Crippen LogP contribution is -2.24. The van der Waals surface area contributed by atoms with Gasteiger partial charge < -0.3 is 10.6 Å². The zero-order valence-electron chi connectivity index (χ0n) is 9.45. The first-order valence-corrected chi connectivity index (χ1v) is 6.53. The van der Waals surface area contributed by atoms with Crippen molar-refractivity contribution >= 4 is 17.2 Å². The lowest BCUT2D eigenvalue weighted by molar-refractivity contribution is -0.120. The predicted octanol–water partition coefficient (Wildman–Crippen LogP) is 1.25. The Morgan fingerprint density at radius 3 is 3.12 bits per heavy atom. The van der Waals surface area contributed by atoms with E-state index in [-0.39, 0.29) is 5.91 Å². The molecule has 0 bridgehead atoms. The zero-order chi connectivity index (χ0) is 11.4. The van der Waals surface area contributed by atoms with Crippen molar-refractivity contribution in [1.29, 1.82) is 0 Å². The van der Waals surface area contributed by atoms with E-state index in [4.69, 9.17) is 0 Å². The van der Waals surface area contributed by atoms with E-state index in [0.29, 0.717) is 13.0 Å². The van der Waals surface area contributed by atoms with Crippen molar-refractivity contribution in [2.24, 2.45) is 0 Å².